The first-order valence-electron chi connectivity index (χ1n) is 4.30. The highest BCUT2D eigenvalue weighted by atomic mass is 16.1. The van der Waals surface area contributed by atoms with Crippen molar-refractivity contribution in [3.05, 3.63) is 41.1 Å². The molecule has 3 aromatic rings. The number of H-pyrrole nitrogens is 2. The molecule has 0 spiro atoms. The van der Waals surface area contributed by atoms with Crippen molar-refractivity contribution in [1.29, 1.82) is 0 Å². The third-order valence-corrected chi connectivity index (χ3v) is 2.34. The van der Waals surface area contributed by atoms with E-state index in [1.807, 2.05) is 24.4 Å². The minimum atomic E-state index is -0.0970. The first kappa shape index (κ1) is 7.32. The summed E-state index contributed by atoms with van der Waals surface area (Å²) in [6.07, 6.45) is 3.24. The predicted molar refractivity (Wildman–Crippen MR) is 54.2 cm³/mol. The van der Waals surface area contributed by atoms with Gasteiger partial charge in [0.25, 0.3) is 5.56 Å². The van der Waals surface area contributed by atoms with Gasteiger partial charge in [-0.25, -0.2) is 4.98 Å². The van der Waals surface area contributed by atoms with Crippen LogP contribution in [0, 0.1) is 0 Å². The second-order valence-electron chi connectivity index (χ2n) is 3.13. The number of fused-ring (bicyclic) bond motifs is 3. The van der Waals surface area contributed by atoms with Crippen LogP contribution in [0.5, 0.6) is 0 Å². The Kier molecular flexibility index (Phi) is 1.28. The Morgan fingerprint density at radius 2 is 2.07 bits per heavy atom. The van der Waals surface area contributed by atoms with Crippen molar-refractivity contribution < 1.29 is 0 Å². The minimum Gasteiger partial charge on any atom is -0.361 e. The van der Waals surface area contributed by atoms with Crippen LogP contribution in [-0.4, -0.2) is 15.0 Å². The van der Waals surface area contributed by atoms with Crippen LogP contribution in [0.1, 0.15) is 0 Å². The van der Waals surface area contributed by atoms with Crippen molar-refractivity contribution in [1.82, 2.24) is 15.0 Å². The van der Waals surface area contributed by atoms with Gasteiger partial charge in [-0.3, -0.25) is 4.79 Å². The van der Waals surface area contributed by atoms with Gasteiger partial charge in [-0.1, -0.05) is 0 Å². The molecule has 0 bridgehead atoms. The predicted octanol–water partition coefficient (Wildman–Crippen LogP) is 1.40. The summed E-state index contributed by atoms with van der Waals surface area (Å²) in [6, 6.07) is 5.64. The third-order valence-electron chi connectivity index (χ3n) is 2.34. The molecule has 0 aliphatic heterocycles. The molecule has 0 atom stereocenters. The summed E-state index contributed by atoms with van der Waals surface area (Å²) in [4.78, 5) is 21.3. The van der Waals surface area contributed by atoms with Gasteiger partial charge in [-0.2, -0.15) is 0 Å². The number of nitrogens with zero attached hydrogens (tertiary/aromatic N) is 1. The minimum absolute atomic E-state index is 0.0970. The van der Waals surface area contributed by atoms with E-state index in [4.69, 9.17) is 0 Å². The van der Waals surface area contributed by atoms with Gasteiger partial charge >= 0.3 is 0 Å². The number of aromatic nitrogens is 3. The third kappa shape index (κ3) is 0.821. The molecular weight excluding hydrogens is 178 g/mol. The fraction of sp³-hybridized carbons (Fsp3) is 0. The molecule has 0 saturated heterocycles. The Labute approximate surface area is 78.6 Å². The Hall–Kier alpha value is -2.10. The first-order valence-corrected chi connectivity index (χ1v) is 4.30. The standard InChI is InChI=1S/C10H7N3O/c14-10-9-6-3-4-11-7(6)1-2-8(9)12-5-13-10/h1-5,11H,(H,12,13,14). The second kappa shape index (κ2) is 2.45. The van der Waals surface area contributed by atoms with Crippen LogP contribution in [0.15, 0.2) is 35.5 Å². The monoisotopic (exact) mass is 185 g/mol. The van der Waals surface area contributed by atoms with E-state index in [9.17, 15) is 4.79 Å². The van der Waals surface area contributed by atoms with Crippen LogP contribution in [-0.2, 0) is 0 Å². The number of nitrogens with one attached hydrogen (secondary N) is 2. The van der Waals surface area contributed by atoms with Crippen molar-refractivity contribution in [2.45, 2.75) is 0 Å². The lowest BCUT2D eigenvalue weighted by molar-refractivity contribution is 1.17. The number of hydrogen-bond donors (Lipinski definition) is 2. The summed E-state index contributed by atoms with van der Waals surface area (Å²) in [5.41, 5.74) is 1.58. The topological polar surface area (TPSA) is 61.5 Å². The molecule has 0 aliphatic rings. The summed E-state index contributed by atoms with van der Waals surface area (Å²) in [6.45, 7) is 0. The lowest BCUT2D eigenvalue weighted by atomic mass is 10.1. The van der Waals surface area contributed by atoms with Gasteiger partial charge in [0.15, 0.2) is 0 Å². The maximum atomic E-state index is 11.6. The maximum absolute atomic E-state index is 11.6. The van der Waals surface area contributed by atoms with Gasteiger partial charge in [0.1, 0.15) is 0 Å². The summed E-state index contributed by atoms with van der Waals surface area (Å²) < 4.78 is 0. The molecule has 68 valence electrons. The number of rotatable bonds is 0. The van der Waals surface area contributed by atoms with Crippen LogP contribution < -0.4 is 5.56 Å². The molecule has 1 aromatic carbocycles. The zero-order valence-electron chi connectivity index (χ0n) is 7.24. The van der Waals surface area contributed by atoms with E-state index < -0.39 is 0 Å². The van der Waals surface area contributed by atoms with Crippen molar-refractivity contribution in [3.8, 4) is 0 Å². The van der Waals surface area contributed by atoms with Gasteiger partial charge in [0.05, 0.1) is 17.2 Å². The van der Waals surface area contributed by atoms with E-state index in [-0.39, 0.29) is 5.56 Å². The highest BCUT2D eigenvalue weighted by molar-refractivity contribution is 6.04. The molecule has 2 aromatic heterocycles. The van der Waals surface area contributed by atoms with E-state index >= 15 is 0 Å². The number of hydrogen-bond acceptors (Lipinski definition) is 2. The average Bonchev–Trinajstić information content (AvgIpc) is 2.65. The molecule has 4 nitrogen and oxygen atoms in total. The smallest absolute Gasteiger partial charge is 0.259 e. The van der Waals surface area contributed by atoms with Gasteiger partial charge in [0.2, 0.25) is 0 Å². The number of aromatic amines is 2. The molecule has 0 radical (unpaired) electrons. The van der Waals surface area contributed by atoms with Crippen LogP contribution >= 0.6 is 0 Å². The Morgan fingerprint density at radius 3 is 3.00 bits per heavy atom. The largest absolute Gasteiger partial charge is 0.361 e. The fourth-order valence-electron chi connectivity index (χ4n) is 1.70. The lowest BCUT2D eigenvalue weighted by Crippen LogP contribution is -2.06. The molecular formula is C10H7N3O. The van der Waals surface area contributed by atoms with E-state index in [0.717, 1.165) is 16.4 Å². The van der Waals surface area contributed by atoms with Crippen LogP contribution in [0.2, 0.25) is 0 Å². The van der Waals surface area contributed by atoms with Gasteiger partial charge in [-0.05, 0) is 18.2 Å². The SMILES string of the molecule is O=c1[nH]cnc2ccc3[nH]ccc3c12. The van der Waals surface area contributed by atoms with Crippen LogP contribution in [0.4, 0.5) is 0 Å². The molecule has 14 heavy (non-hydrogen) atoms. The Morgan fingerprint density at radius 1 is 1.14 bits per heavy atom. The normalized spacial score (nSPS) is 11.1. The summed E-state index contributed by atoms with van der Waals surface area (Å²) in [7, 11) is 0. The van der Waals surface area contributed by atoms with Crippen LogP contribution in [0.3, 0.4) is 0 Å². The van der Waals surface area contributed by atoms with Crippen LogP contribution in [0.25, 0.3) is 21.8 Å². The molecule has 0 saturated carbocycles. The summed E-state index contributed by atoms with van der Waals surface area (Å²) >= 11 is 0. The van der Waals surface area contributed by atoms with E-state index in [2.05, 4.69) is 15.0 Å². The second-order valence-corrected chi connectivity index (χ2v) is 3.13. The summed E-state index contributed by atoms with van der Waals surface area (Å²) in [5.74, 6) is 0. The zero-order chi connectivity index (χ0) is 9.54. The Bertz CT molecular complexity index is 665. The zero-order valence-corrected chi connectivity index (χ0v) is 7.24. The molecule has 4 heteroatoms. The molecule has 2 heterocycles. The molecule has 0 amide bonds. The van der Waals surface area contributed by atoms with Gasteiger partial charge in [-0.15, -0.1) is 0 Å². The molecule has 0 unspecified atom stereocenters. The van der Waals surface area contributed by atoms with E-state index in [1.54, 1.807) is 0 Å². The quantitative estimate of drug-likeness (QED) is 0.556. The highest BCUT2D eigenvalue weighted by Crippen LogP contribution is 2.19. The maximum Gasteiger partial charge on any atom is 0.259 e. The molecule has 2 N–H and O–H groups in total. The van der Waals surface area contributed by atoms with Gasteiger partial charge in [0, 0.05) is 17.1 Å². The molecule has 3 rings (SSSR count). The van der Waals surface area contributed by atoms with Crippen molar-refractivity contribution >= 4 is 21.8 Å². The highest BCUT2D eigenvalue weighted by Gasteiger charge is 2.04. The van der Waals surface area contributed by atoms with Crippen molar-refractivity contribution in [3.63, 3.8) is 0 Å². The fourth-order valence-corrected chi connectivity index (χ4v) is 1.70. The van der Waals surface area contributed by atoms with Crippen molar-refractivity contribution in [2.24, 2.45) is 0 Å². The Balaban J connectivity index is 2.74. The van der Waals surface area contributed by atoms with E-state index in [1.165, 1.54) is 6.33 Å². The van der Waals surface area contributed by atoms with Gasteiger partial charge < -0.3 is 9.97 Å². The molecule has 0 fully saturated rings. The lowest BCUT2D eigenvalue weighted by Gasteiger charge is -1.96. The first-order chi connectivity index (χ1) is 6.86. The average molecular weight is 185 g/mol. The van der Waals surface area contributed by atoms with Crippen molar-refractivity contribution in [2.75, 3.05) is 0 Å². The molecule has 0 aliphatic carbocycles. The summed E-state index contributed by atoms with van der Waals surface area (Å²) in [5, 5.41) is 1.56. The van der Waals surface area contributed by atoms with E-state index in [0.29, 0.717) is 5.39 Å². The number of benzene rings is 1.